The quantitative estimate of drug-likeness (QED) is 0.503. The monoisotopic (exact) mass is 328 g/mol. The van der Waals surface area contributed by atoms with Gasteiger partial charge in [-0.15, -0.1) is 11.6 Å². The van der Waals surface area contributed by atoms with Gasteiger partial charge in [0.05, 0.1) is 19.3 Å². The summed E-state index contributed by atoms with van der Waals surface area (Å²) in [6.45, 7) is 4.23. The Balaban J connectivity index is 2.88. The van der Waals surface area contributed by atoms with Crippen molar-refractivity contribution in [2.75, 3.05) is 27.4 Å². The van der Waals surface area contributed by atoms with Gasteiger partial charge >= 0.3 is 7.60 Å². The minimum Gasteiger partial charge on any atom is -0.381 e. The fourth-order valence-corrected chi connectivity index (χ4v) is 5.32. The SMILES string of the molecule is CCOP(=O)(OCC)C(OC)C1CC(Cl)CC(OC)C1. The zero-order chi connectivity index (χ0) is 15.2. The lowest BCUT2D eigenvalue weighted by atomic mass is 9.87. The summed E-state index contributed by atoms with van der Waals surface area (Å²) in [7, 11) is -0.0914. The topological polar surface area (TPSA) is 54.0 Å². The van der Waals surface area contributed by atoms with Gasteiger partial charge in [0.1, 0.15) is 0 Å². The van der Waals surface area contributed by atoms with Crippen LogP contribution in [0.5, 0.6) is 0 Å². The molecule has 0 aromatic rings. The number of rotatable bonds is 8. The maximum absolute atomic E-state index is 12.9. The zero-order valence-electron chi connectivity index (χ0n) is 12.7. The molecule has 0 bridgehead atoms. The van der Waals surface area contributed by atoms with Crippen LogP contribution in [0.15, 0.2) is 0 Å². The number of methoxy groups -OCH3 is 2. The molecule has 1 saturated carbocycles. The second kappa shape index (κ2) is 8.72. The predicted octanol–water partition coefficient (Wildman–Crippen LogP) is 3.65. The van der Waals surface area contributed by atoms with E-state index in [2.05, 4.69) is 0 Å². The van der Waals surface area contributed by atoms with E-state index in [4.69, 9.17) is 30.1 Å². The van der Waals surface area contributed by atoms with E-state index in [1.54, 1.807) is 21.0 Å². The van der Waals surface area contributed by atoms with Crippen molar-refractivity contribution < 1.29 is 23.1 Å². The van der Waals surface area contributed by atoms with Crippen molar-refractivity contribution in [1.29, 1.82) is 0 Å². The minimum atomic E-state index is -3.30. The molecule has 0 saturated heterocycles. The lowest BCUT2D eigenvalue weighted by molar-refractivity contribution is 0.00546. The summed E-state index contributed by atoms with van der Waals surface area (Å²) < 4.78 is 34.6. The Bertz CT molecular complexity index is 318. The molecule has 5 nitrogen and oxygen atoms in total. The fourth-order valence-electron chi connectivity index (χ4n) is 2.79. The van der Waals surface area contributed by atoms with Crippen molar-refractivity contribution in [2.45, 2.75) is 50.4 Å². The highest BCUT2D eigenvalue weighted by atomic mass is 35.5. The smallest absolute Gasteiger partial charge is 0.359 e. The van der Waals surface area contributed by atoms with Gasteiger partial charge in [-0.05, 0) is 33.1 Å². The van der Waals surface area contributed by atoms with Gasteiger partial charge in [-0.3, -0.25) is 4.57 Å². The number of alkyl halides is 1. The average molecular weight is 329 g/mol. The first kappa shape index (κ1) is 18.4. The summed E-state index contributed by atoms with van der Waals surface area (Å²) in [6.07, 6.45) is 2.34. The zero-order valence-corrected chi connectivity index (χ0v) is 14.4. The summed E-state index contributed by atoms with van der Waals surface area (Å²) in [5.74, 6) is -0.591. The summed E-state index contributed by atoms with van der Waals surface area (Å²) in [5, 5.41) is -0.00643. The van der Waals surface area contributed by atoms with Crippen LogP contribution in [-0.2, 0) is 23.1 Å². The average Bonchev–Trinajstić information content (AvgIpc) is 2.39. The summed E-state index contributed by atoms with van der Waals surface area (Å²) in [4.78, 5) is 0. The van der Waals surface area contributed by atoms with Crippen LogP contribution < -0.4 is 0 Å². The van der Waals surface area contributed by atoms with Crippen molar-refractivity contribution in [3.63, 3.8) is 0 Å². The van der Waals surface area contributed by atoms with Crippen molar-refractivity contribution >= 4 is 19.2 Å². The third-order valence-electron chi connectivity index (χ3n) is 3.55. The third-order valence-corrected chi connectivity index (χ3v) is 6.40. The normalized spacial score (nSPS) is 29.4. The van der Waals surface area contributed by atoms with Gasteiger partial charge in [-0.1, -0.05) is 0 Å². The molecule has 7 heteroatoms. The molecule has 0 aliphatic heterocycles. The molecule has 0 aromatic carbocycles. The van der Waals surface area contributed by atoms with E-state index >= 15 is 0 Å². The number of halogens is 1. The Morgan fingerprint density at radius 3 is 2.20 bits per heavy atom. The maximum Gasteiger partial charge on any atom is 0.359 e. The van der Waals surface area contributed by atoms with Crippen LogP contribution in [0, 0.1) is 5.92 Å². The van der Waals surface area contributed by atoms with E-state index in [9.17, 15) is 4.57 Å². The molecule has 20 heavy (non-hydrogen) atoms. The molecule has 0 radical (unpaired) electrons. The Hall–Kier alpha value is 0.360. The molecular formula is C13H26ClO5P. The van der Waals surface area contributed by atoms with Crippen LogP contribution in [0.2, 0.25) is 0 Å². The lowest BCUT2D eigenvalue weighted by Crippen LogP contribution is -2.36. The molecule has 0 heterocycles. The Morgan fingerprint density at radius 2 is 1.75 bits per heavy atom. The van der Waals surface area contributed by atoms with Crippen molar-refractivity contribution in [2.24, 2.45) is 5.92 Å². The number of ether oxygens (including phenoxy) is 2. The first-order chi connectivity index (χ1) is 9.50. The molecule has 1 rings (SSSR count). The summed E-state index contributed by atoms with van der Waals surface area (Å²) in [5.41, 5.74) is 0. The van der Waals surface area contributed by atoms with E-state index < -0.39 is 13.4 Å². The third kappa shape index (κ3) is 4.69. The van der Waals surface area contributed by atoms with Crippen molar-refractivity contribution in [3.05, 3.63) is 0 Å². The molecule has 4 unspecified atom stereocenters. The molecule has 1 aliphatic carbocycles. The first-order valence-corrected chi connectivity index (χ1v) is 9.13. The molecular weight excluding hydrogens is 303 g/mol. The van der Waals surface area contributed by atoms with E-state index in [1.807, 2.05) is 0 Å². The van der Waals surface area contributed by atoms with Gasteiger partial charge in [0, 0.05) is 25.5 Å². The molecule has 0 aromatic heterocycles. The van der Waals surface area contributed by atoms with E-state index in [-0.39, 0.29) is 17.4 Å². The van der Waals surface area contributed by atoms with Crippen molar-refractivity contribution in [1.82, 2.24) is 0 Å². The van der Waals surface area contributed by atoms with E-state index in [0.717, 1.165) is 19.3 Å². The van der Waals surface area contributed by atoms with Gasteiger partial charge < -0.3 is 18.5 Å². The van der Waals surface area contributed by atoms with Gasteiger partial charge in [-0.25, -0.2) is 0 Å². The van der Waals surface area contributed by atoms with Crippen molar-refractivity contribution in [3.8, 4) is 0 Å². The number of hydrogen-bond acceptors (Lipinski definition) is 5. The Kier molecular flexibility index (Phi) is 8.02. The molecule has 120 valence electrons. The van der Waals surface area contributed by atoms with Gasteiger partial charge in [0.25, 0.3) is 0 Å². The van der Waals surface area contributed by atoms with Gasteiger partial charge in [0.15, 0.2) is 5.85 Å². The molecule has 1 aliphatic rings. The highest BCUT2D eigenvalue weighted by molar-refractivity contribution is 7.54. The molecule has 0 amide bonds. The Morgan fingerprint density at radius 1 is 1.15 bits per heavy atom. The second-order valence-electron chi connectivity index (χ2n) is 4.92. The molecule has 1 fully saturated rings. The highest BCUT2D eigenvalue weighted by Gasteiger charge is 2.44. The standard InChI is InChI=1S/C13H26ClO5P/c1-5-18-20(15,19-6-2)13(17-4)10-7-11(14)9-12(8-10)16-3/h10-13H,5-9H2,1-4H3. The Labute approximate surface area is 126 Å². The second-order valence-corrected chi connectivity index (χ2v) is 7.65. The minimum absolute atomic E-state index is 0.00475. The van der Waals surface area contributed by atoms with Crippen LogP contribution in [0.25, 0.3) is 0 Å². The van der Waals surface area contributed by atoms with E-state index in [0.29, 0.717) is 13.2 Å². The predicted molar refractivity (Wildman–Crippen MR) is 79.4 cm³/mol. The molecule has 0 N–H and O–H groups in total. The van der Waals surface area contributed by atoms with Crippen LogP contribution in [-0.4, -0.2) is 44.8 Å². The number of hydrogen-bond donors (Lipinski definition) is 0. The first-order valence-electron chi connectivity index (χ1n) is 7.09. The highest BCUT2D eigenvalue weighted by Crippen LogP contribution is 2.58. The van der Waals surface area contributed by atoms with Crippen LogP contribution >= 0.6 is 19.2 Å². The van der Waals surface area contributed by atoms with Crippen LogP contribution in [0.4, 0.5) is 0 Å². The van der Waals surface area contributed by atoms with E-state index in [1.165, 1.54) is 7.11 Å². The summed E-state index contributed by atoms with van der Waals surface area (Å²) >= 11 is 6.28. The molecule has 0 spiro atoms. The van der Waals surface area contributed by atoms with Crippen LogP contribution in [0.1, 0.15) is 33.1 Å². The largest absolute Gasteiger partial charge is 0.381 e. The lowest BCUT2D eigenvalue weighted by Gasteiger charge is -2.37. The van der Waals surface area contributed by atoms with Gasteiger partial charge in [-0.2, -0.15) is 0 Å². The fraction of sp³-hybridized carbons (Fsp3) is 1.00. The molecule has 4 atom stereocenters. The van der Waals surface area contributed by atoms with Crippen LogP contribution in [0.3, 0.4) is 0 Å². The summed E-state index contributed by atoms with van der Waals surface area (Å²) in [6, 6.07) is 0. The van der Waals surface area contributed by atoms with Gasteiger partial charge in [0.2, 0.25) is 0 Å². The maximum atomic E-state index is 12.9.